The van der Waals surface area contributed by atoms with Crippen molar-refractivity contribution in [2.45, 2.75) is 46.7 Å². The summed E-state index contributed by atoms with van der Waals surface area (Å²) in [6.07, 6.45) is 0.507. The SMILES string of the molecule is Cc1cc2nc(CN(C)CCC(=O)NC(C)C)[nH]c2cc1C. The van der Waals surface area contributed by atoms with Gasteiger partial charge in [-0.15, -0.1) is 0 Å². The van der Waals surface area contributed by atoms with Gasteiger partial charge in [-0.1, -0.05) is 0 Å². The number of nitrogens with one attached hydrogen (secondary N) is 2. The fraction of sp³-hybridized carbons (Fsp3) is 0.529. The molecular weight excluding hydrogens is 276 g/mol. The third kappa shape index (κ3) is 4.31. The van der Waals surface area contributed by atoms with Crippen LogP contribution in [0.5, 0.6) is 0 Å². The maximum absolute atomic E-state index is 11.7. The highest BCUT2D eigenvalue weighted by atomic mass is 16.1. The highest BCUT2D eigenvalue weighted by Gasteiger charge is 2.09. The Morgan fingerprint density at radius 2 is 2.00 bits per heavy atom. The quantitative estimate of drug-likeness (QED) is 0.862. The van der Waals surface area contributed by atoms with Crippen molar-refractivity contribution < 1.29 is 4.79 Å². The van der Waals surface area contributed by atoms with Crippen molar-refractivity contribution in [1.29, 1.82) is 0 Å². The zero-order valence-corrected chi connectivity index (χ0v) is 14.2. The van der Waals surface area contributed by atoms with Gasteiger partial charge in [-0.25, -0.2) is 4.98 Å². The average molecular weight is 302 g/mol. The summed E-state index contributed by atoms with van der Waals surface area (Å²) < 4.78 is 0. The number of nitrogens with zero attached hydrogens (tertiary/aromatic N) is 2. The monoisotopic (exact) mass is 302 g/mol. The second-order valence-corrected chi connectivity index (χ2v) is 6.35. The Labute approximate surface area is 132 Å². The van der Waals surface area contributed by atoms with Gasteiger partial charge in [-0.05, 0) is 58.0 Å². The first-order valence-electron chi connectivity index (χ1n) is 7.79. The summed E-state index contributed by atoms with van der Waals surface area (Å²) in [5.41, 5.74) is 4.60. The number of aromatic amines is 1. The maximum Gasteiger partial charge on any atom is 0.221 e. The normalized spacial score (nSPS) is 11.6. The molecule has 0 saturated heterocycles. The molecular formula is C17H26N4O. The molecule has 0 saturated carbocycles. The first-order valence-corrected chi connectivity index (χ1v) is 7.79. The van der Waals surface area contributed by atoms with Gasteiger partial charge in [0.1, 0.15) is 5.82 Å². The largest absolute Gasteiger partial charge is 0.354 e. The molecule has 120 valence electrons. The van der Waals surface area contributed by atoms with Gasteiger partial charge in [0.2, 0.25) is 5.91 Å². The van der Waals surface area contributed by atoms with E-state index in [-0.39, 0.29) is 11.9 Å². The van der Waals surface area contributed by atoms with Crippen molar-refractivity contribution in [3.05, 3.63) is 29.1 Å². The standard InChI is InChI=1S/C17H26N4O/c1-11(2)18-17(22)6-7-21(5)10-16-19-14-8-12(3)13(4)9-15(14)20-16/h8-9,11H,6-7,10H2,1-5H3,(H,18,22)(H,19,20). The summed E-state index contributed by atoms with van der Waals surface area (Å²) in [5.74, 6) is 1.03. The number of rotatable bonds is 6. The molecule has 1 heterocycles. The van der Waals surface area contributed by atoms with E-state index in [9.17, 15) is 4.79 Å². The minimum absolute atomic E-state index is 0.0951. The lowest BCUT2D eigenvalue weighted by atomic mass is 10.1. The van der Waals surface area contributed by atoms with Gasteiger partial charge in [0.05, 0.1) is 17.6 Å². The summed E-state index contributed by atoms with van der Waals surface area (Å²) in [4.78, 5) is 21.8. The first-order chi connectivity index (χ1) is 10.3. The van der Waals surface area contributed by atoms with Crippen molar-refractivity contribution in [3.8, 4) is 0 Å². The topological polar surface area (TPSA) is 61.0 Å². The lowest BCUT2D eigenvalue weighted by molar-refractivity contribution is -0.121. The Hall–Kier alpha value is -1.88. The molecule has 0 aliphatic rings. The van der Waals surface area contributed by atoms with Gasteiger partial charge in [-0.2, -0.15) is 0 Å². The van der Waals surface area contributed by atoms with Crippen molar-refractivity contribution in [3.63, 3.8) is 0 Å². The van der Waals surface area contributed by atoms with Gasteiger partial charge in [0.15, 0.2) is 0 Å². The first kappa shape index (κ1) is 16.5. The molecule has 1 aromatic carbocycles. The minimum atomic E-state index is 0.0951. The molecule has 0 bridgehead atoms. The van der Waals surface area contributed by atoms with E-state index in [1.54, 1.807) is 0 Å². The van der Waals surface area contributed by atoms with Crippen molar-refractivity contribution in [2.75, 3.05) is 13.6 Å². The van der Waals surface area contributed by atoms with E-state index in [0.29, 0.717) is 19.5 Å². The van der Waals surface area contributed by atoms with Crippen LogP contribution in [0.25, 0.3) is 11.0 Å². The van der Waals surface area contributed by atoms with Crippen LogP contribution in [0.4, 0.5) is 0 Å². The summed E-state index contributed by atoms with van der Waals surface area (Å²) >= 11 is 0. The van der Waals surface area contributed by atoms with Crippen molar-refractivity contribution in [1.82, 2.24) is 20.2 Å². The van der Waals surface area contributed by atoms with Gasteiger partial charge in [0, 0.05) is 19.0 Å². The van der Waals surface area contributed by atoms with Crippen LogP contribution in [-0.2, 0) is 11.3 Å². The van der Waals surface area contributed by atoms with Crippen LogP contribution in [0.1, 0.15) is 37.2 Å². The molecule has 0 atom stereocenters. The second-order valence-electron chi connectivity index (χ2n) is 6.35. The zero-order chi connectivity index (χ0) is 16.3. The summed E-state index contributed by atoms with van der Waals surface area (Å²) in [6.45, 7) is 9.58. The molecule has 22 heavy (non-hydrogen) atoms. The molecule has 5 heteroatoms. The number of carbonyl (C=O) groups excluding carboxylic acids is 1. The molecule has 0 spiro atoms. The number of benzene rings is 1. The number of imidazole rings is 1. The van der Waals surface area contributed by atoms with E-state index >= 15 is 0 Å². The van der Waals surface area contributed by atoms with Crippen molar-refractivity contribution in [2.24, 2.45) is 0 Å². The summed E-state index contributed by atoms with van der Waals surface area (Å²) in [6, 6.07) is 4.44. The number of amides is 1. The highest BCUT2D eigenvalue weighted by molar-refractivity contribution is 5.77. The van der Waals surface area contributed by atoms with E-state index in [4.69, 9.17) is 0 Å². The predicted molar refractivity (Wildman–Crippen MR) is 89.8 cm³/mol. The number of hydrogen-bond acceptors (Lipinski definition) is 3. The van der Waals surface area contributed by atoms with Crippen LogP contribution in [0.15, 0.2) is 12.1 Å². The Kier molecular flexibility index (Phi) is 5.19. The third-order valence-corrected chi connectivity index (χ3v) is 3.74. The van der Waals surface area contributed by atoms with E-state index in [2.05, 4.69) is 46.2 Å². The Morgan fingerprint density at radius 1 is 1.32 bits per heavy atom. The zero-order valence-electron chi connectivity index (χ0n) is 14.2. The lowest BCUT2D eigenvalue weighted by Gasteiger charge is -2.15. The molecule has 1 aromatic heterocycles. The minimum Gasteiger partial charge on any atom is -0.354 e. The molecule has 5 nitrogen and oxygen atoms in total. The number of hydrogen-bond donors (Lipinski definition) is 2. The fourth-order valence-corrected chi connectivity index (χ4v) is 2.42. The molecule has 0 aliphatic heterocycles. The maximum atomic E-state index is 11.7. The average Bonchev–Trinajstić information content (AvgIpc) is 2.77. The lowest BCUT2D eigenvalue weighted by Crippen LogP contribution is -2.33. The van der Waals surface area contributed by atoms with Crippen molar-refractivity contribution >= 4 is 16.9 Å². The van der Waals surface area contributed by atoms with E-state index in [1.165, 1.54) is 11.1 Å². The Bertz CT molecular complexity index is 621. The van der Waals surface area contributed by atoms with Crippen LogP contribution in [0.2, 0.25) is 0 Å². The summed E-state index contributed by atoms with van der Waals surface area (Å²) in [7, 11) is 2.01. The predicted octanol–water partition coefficient (Wildman–Crippen LogP) is 2.53. The molecule has 2 rings (SSSR count). The second kappa shape index (κ2) is 6.92. The summed E-state index contributed by atoms with van der Waals surface area (Å²) in [5, 5.41) is 2.91. The van der Waals surface area contributed by atoms with Gasteiger partial charge in [-0.3, -0.25) is 9.69 Å². The number of aromatic nitrogens is 2. The molecule has 1 amide bonds. The van der Waals surface area contributed by atoms with Crippen LogP contribution in [0, 0.1) is 13.8 Å². The Morgan fingerprint density at radius 3 is 2.68 bits per heavy atom. The van der Waals surface area contributed by atoms with Gasteiger partial charge >= 0.3 is 0 Å². The number of aryl methyl sites for hydroxylation is 2. The fourth-order valence-electron chi connectivity index (χ4n) is 2.42. The highest BCUT2D eigenvalue weighted by Crippen LogP contribution is 2.17. The van der Waals surface area contributed by atoms with E-state index in [0.717, 1.165) is 16.9 Å². The smallest absolute Gasteiger partial charge is 0.221 e. The van der Waals surface area contributed by atoms with Gasteiger partial charge < -0.3 is 10.3 Å². The molecule has 2 N–H and O–H groups in total. The van der Waals surface area contributed by atoms with Gasteiger partial charge in [0.25, 0.3) is 0 Å². The van der Waals surface area contributed by atoms with Crippen LogP contribution >= 0.6 is 0 Å². The van der Waals surface area contributed by atoms with Crippen LogP contribution < -0.4 is 5.32 Å². The number of carbonyl (C=O) groups is 1. The molecule has 0 unspecified atom stereocenters. The van der Waals surface area contributed by atoms with E-state index < -0.39 is 0 Å². The Balaban J connectivity index is 1.94. The number of H-pyrrole nitrogens is 1. The van der Waals surface area contributed by atoms with Crippen LogP contribution in [-0.4, -0.2) is 40.4 Å². The molecule has 0 fully saturated rings. The molecule has 0 radical (unpaired) electrons. The number of fused-ring (bicyclic) bond motifs is 1. The van der Waals surface area contributed by atoms with Crippen LogP contribution in [0.3, 0.4) is 0 Å². The molecule has 2 aromatic rings. The molecule has 0 aliphatic carbocycles. The third-order valence-electron chi connectivity index (χ3n) is 3.74. The van der Waals surface area contributed by atoms with E-state index in [1.807, 2.05) is 20.9 Å².